The van der Waals surface area contributed by atoms with Crippen LogP contribution in [0.2, 0.25) is 10.0 Å². The summed E-state index contributed by atoms with van der Waals surface area (Å²) in [6.07, 6.45) is 0.171. The van der Waals surface area contributed by atoms with Crippen LogP contribution < -0.4 is 4.90 Å². The second-order valence-corrected chi connectivity index (χ2v) is 5.31. The van der Waals surface area contributed by atoms with Gasteiger partial charge in [0.25, 0.3) is 5.91 Å². The second-order valence-electron chi connectivity index (χ2n) is 4.46. The molecule has 0 radical (unpaired) electrons. The summed E-state index contributed by atoms with van der Waals surface area (Å²) < 4.78 is 0. The van der Waals surface area contributed by atoms with E-state index in [2.05, 4.69) is 0 Å². The third-order valence-corrected chi connectivity index (χ3v) is 3.75. The van der Waals surface area contributed by atoms with E-state index in [1.54, 1.807) is 36.4 Å². The molecule has 1 aliphatic rings. The zero-order valence-electron chi connectivity index (χ0n) is 10.3. The van der Waals surface area contributed by atoms with Crippen molar-refractivity contribution < 1.29 is 9.59 Å². The number of carbonyl (C=O) groups excluding carboxylic acids is 2. The third-order valence-electron chi connectivity index (χ3n) is 3.19. The highest BCUT2D eigenvalue weighted by atomic mass is 35.5. The zero-order valence-corrected chi connectivity index (χ0v) is 11.8. The summed E-state index contributed by atoms with van der Waals surface area (Å²) in [5, 5.41) is 0.735. The van der Waals surface area contributed by atoms with Crippen molar-refractivity contribution >= 4 is 40.7 Å². The number of anilines is 1. The van der Waals surface area contributed by atoms with Gasteiger partial charge in [-0.2, -0.15) is 0 Å². The lowest BCUT2D eigenvalue weighted by atomic mass is 9.98. The minimum absolute atomic E-state index is 0.171. The fraction of sp³-hybridized carbons (Fsp3) is 0.0667. The Labute approximate surface area is 125 Å². The number of fused-ring (bicyclic) bond motifs is 1. The lowest BCUT2D eigenvalue weighted by Gasteiger charge is -2.27. The number of hydrogen-bond donors (Lipinski definition) is 0. The number of carbonyl (C=O) groups is 2. The van der Waals surface area contributed by atoms with Gasteiger partial charge in [-0.25, -0.2) is 4.90 Å². The highest BCUT2D eigenvalue weighted by molar-refractivity contribution is 6.38. The van der Waals surface area contributed by atoms with E-state index in [-0.39, 0.29) is 18.2 Å². The highest BCUT2D eigenvalue weighted by Gasteiger charge is 2.33. The maximum Gasteiger partial charge on any atom is 0.265 e. The molecule has 0 saturated carbocycles. The van der Waals surface area contributed by atoms with Crippen LogP contribution in [0.1, 0.15) is 15.9 Å². The van der Waals surface area contributed by atoms with Crippen molar-refractivity contribution in [3.8, 4) is 0 Å². The van der Waals surface area contributed by atoms with Crippen molar-refractivity contribution in [2.24, 2.45) is 0 Å². The van der Waals surface area contributed by atoms with Crippen LogP contribution >= 0.6 is 23.2 Å². The van der Waals surface area contributed by atoms with Crippen LogP contribution in [0.25, 0.3) is 0 Å². The van der Waals surface area contributed by atoms with Crippen LogP contribution in [-0.4, -0.2) is 11.8 Å². The van der Waals surface area contributed by atoms with Gasteiger partial charge in [-0.15, -0.1) is 0 Å². The first-order chi connectivity index (χ1) is 9.58. The number of benzene rings is 2. The van der Waals surface area contributed by atoms with E-state index in [1.807, 2.05) is 0 Å². The standard InChI is InChI=1S/C15H9Cl2NO2/c16-10-5-6-12(17)13(8-10)18-14(19)7-9-3-1-2-4-11(9)15(18)20/h1-6,8H,7H2. The Kier molecular flexibility index (Phi) is 3.24. The quantitative estimate of drug-likeness (QED) is 0.753. The van der Waals surface area contributed by atoms with Gasteiger partial charge in [-0.1, -0.05) is 41.4 Å². The highest BCUT2D eigenvalue weighted by Crippen LogP contribution is 2.33. The predicted octanol–water partition coefficient (Wildman–Crippen LogP) is 3.72. The Morgan fingerprint density at radius 1 is 1.00 bits per heavy atom. The smallest absolute Gasteiger partial charge is 0.265 e. The van der Waals surface area contributed by atoms with Gasteiger partial charge < -0.3 is 0 Å². The largest absolute Gasteiger partial charge is 0.274 e. The van der Waals surface area contributed by atoms with Gasteiger partial charge in [-0.05, 0) is 29.8 Å². The molecule has 1 heterocycles. The van der Waals surface area contributed by atoms with Crippen LogP contribution in [0.15, 0.2) is 42.5 Å². The summed E-state index contributed by atoms with van der Waals surface area (Å²) in [5.41, 5.74) is 1.57. The molecule has 0 saturated heterocycles. The molecule has 3 nitrogen and oxygen atoms in total. The molecular formula is C15H9Cl2NO2. The van der Waals surface area contributed by atoms with E-state index in [4.69, 9.17) is 23.2 Å². The maximum absolute atomic E-state index is 12.5. The van der Waals surface area contributed by atoms with Gasteiger partial charge in [0.1, 0.15) is 0 Å². The van der Waals surface area contributed by atoms with Crippen LogP contribution in [0.3, 0.4) is 0 Å². The first-order valence-electron chi connectivity index (χ1n) is 5.98. The molecule has 5 heteroatoms. The molecule has 0 aromatic heterocycles. The Morgan fingerprint density at radius 2 is 1.75 bits per heavy atom. The monoisotopic (exact) mass is 305 g/mol. The summed E-state index contributed by atoms with van der Waals surface area (Å²) in [5.74, 6) is -0.682. The number of imide groups is 1. The Morgan fingerprint density at radius 3 is 2.55 bits per heavy atom. The number of amides is 2. The maximum atomic E-state index is 12.5. The van der Waals surface area contributed by atoms with Gasteiger partial charge in [0.05, 0.1) is 17.1 Å². The third kappa shape index (κ3) is 2.09. The number of nitrogens with zero attached hydrogens (tertiary/aromatic N) is 1. The van der Waals surface area contributed by atoms with Gasteiger partial charge in [0.15, 0.2) is 0 Å². The molecule has 0 bridgehead atoms. The lowest BCUT2D eigenvalue weighted by Crippen LogP contribution is -2.42. The molecule has 2 aromatic carbocycles. The Hall–Kier alpha value is -1.84. The molecule has 2 aromatic rings. The topological polar surface area (TPSA) is 37.4 Å². The van der Waals surface area contributed by atoms with Crippen LogP contribution in [0.5, 0.6) is 0 Å². The molecule has 100 valence electrons. The van der Waals surface area contributed by atoms with Crippen molar-refractivity contribution in [3.05, 3.63) is 63.6 Å². The molecule has 0 unspecified atom stereocenters. The minimum Gasteiger partial charge on any atom is -0.274 e. The van der Waals surface area contributed by atoms with E-state index < -0.39 is 0 Å². The number of rotatable bonds is 1. The molecule has 3 rings (SSSR count). The van der Waals surface area contributed by atoms with Crippen LogP contribution in [-0.2, 0) is 11.2 Å². The summed E-state index contributed by atoms with van der Waals surface area (Å²) in [6, 6.07) is 11.8. The lowest BCUT2D eigenvalue weighted by molar-refractivity contribution is -0.117. The molecule has 0 aliphatic carbocycles. The molecular weight excluding hydrogens is 297 g/mol. The van der Waals surface area contributed by atoms with Gasteiger partial charge in [0.2, 0.25) is 5.91 Å². The normalized spacial score (nSPS) is 14.4. The van der Waals surface area contributed by atoms with Gasteiger partial charge in [-0.3, -0.25) is 9.59 Å². The molecule has 0 spiro atoms. The predicted molar refractivity (Wildman–Crippen MR) is 78.4 cm³/mol. The summed E-state index contributed by atoms with van der Waals surface area (Å²) >= 11 is 12.0. The fourth-order valence-electron chi connectivity index (χ4n) is 2.26. The summed E-state index contributed by atoms with van der Waals surface area (Å²) in [6.45, 7) is 0. The van der Waals surface area contributed by atoms with E-state index in [0.717, 1.165) is 10.5 Å². The van der Waals surface area contributed by atoms with Crippen LogP contribution in [0.4, 0.5) is 5.69 Å². The Balaban J connectivity index is 2.14. The van der Waals surface area contributed by atoms with Crippen molar-refractivity contribution in [1.82, 2.24) is 0 Å². The average Bonchev–Trinajstić information content (AvgIpc) is 2.42. The molecule has 20 heavy (non-hydrogen) atoms. The van der Waals surface area contributed by atoms with E-state index in [9.17, 15) is 9.59 Å². The molecule has 0 fully saturated rings. The molecule has 2 amide bonds. The average molecular weight is 306 g/mol. The minimum atomic E-state index is -0.374. The van der Waals surface area contributed by atoms with Gasteiger partial charge >= 0.3 is 0 Å². The zero-order chi connectivity index (χ0) is 14.3. The first-order valence-corrected chi connectivity index (χ1v) is 6.74. The van der Waals surface area contributed by atoms with Crippen LogP contribution in [0, 0.1) is 0 Å². The first kappa shape index (κ1) is 13.2. The van der Waals surface area contributed by atoms with Crippen molar-refractivity contribution in [1.29, 1.82) is 0 Å². The summed E-state index contributed by atoms with van der Waals surface area (Å²) in [4.78, 5) is 25.8. The van der Waals surface area contributed by atoms with Gasteiger partial charge in [0, 0.05) is 10.6 Å². The SMILES string of the molecule is O=C1Cc2ccccc2C(=O)N1c1cc(Cl)ccc1Cl. The summed E-state index contributed by atoms with van der Waals surface area (Å²) in [7, 11) is 0. The molecule has 0 atom stereocenters. The fourth-order valence-corrected chi connectivity index (χ4v) is 2.63. The van der Waals surface area contributed by atoms with Crippen molar-refractivity contribution in [3.63, 3.8) is 0 Å². The van der Waals surface area contributed by atoms with E-state index in [0.29, 0.717) is 21.3 Å². The van der Waals surface area contributed by atoms with E-state index >= 15 is 0 Å². The van der Waals surface area contributed by atoms with Crippen molar-refractivity contribution in [2.75, 3.05) is 4.90 Å². The van der Waals surface area contributed by atoms with Crippen molar-refractivity contribution in [2.45, 2.75) is 6.42 Å². The molecule has 0 N–H and O–H groups in total. The second kappa shape index (κ2) is 4.93. The number of halogens is 2. The molecule has 1 aliphatic heterocycles. The Bertz CT molecular complexity index is 728. The number of hydrogen-bond acceptors (Lipinski definition) is 2. The van der Waals surface area contributed by atoms with E-state index in [1.165, 1.54) is 6.07 Å².